The highest BCUT2D eigenvalue weighted by molar-refractivity contribution is 7.91. The number of nitrogens with zero attached hydrogens (tertiary/aromatic N) is 1. The van der Waals surface area contributed by atoms with Crippen LogP contribution in [0, 0.1) is 5.92 Å². The zero-order valence-electron chi connectivity index (χ0n) is 12.2. The van der Waals surface area contributed by atoms with Crippen molar-refractivity contribution < 1.29 is 22.7 Å². The van der Waals surface area contributed by atoms with Gasteiger partial charge in [-0.1, -0.05) is 0 Å². The monoisotopic (exact) mass is 318 g/mol. The van der Waals surface area contributed by atoms with E-state index in [0.29, 0.717) is 13.0 Å². The molecule has 2 atom stereocenters. The summed E-state index contributed by atoms with van der Waals surface area (Å²) in [5.41, 5.74) is 0. The number of amides is 1. The third-order valence-corrected chi connectivity index (χ3v) is 5.77. The highest BCUT2D eigenvalue weighted by atomic mass is 32.2. The molecule has 2 aliphatic rings. The molecule has 21 heavy (non-hydrogen) atoms. The minimum Gasteiger partial charge on any atom is -0.469 e. The molecule has 0 aromatic carbocycles. The van der Waals surface area contributed by atoms with E-state index in [1.165, 1.54) is 7.11 Å². The van der Waals surface area contributed by atoms with Gasteiger partial charge in [0.15, 0.2) is 9.84 Å². The lowest BCUT2D eigenvalue weighted by Crippen LogP contribution is -2.46. The number of sulfone groups is 1. The van der Waals surface area contributed by atoms with Gasteiger partial charge < -0.3 is 10.1 Å². The molecule has 0 aromatic heterocycles. The Morgan fingerprint density at radius 3 is 2.71 bits per heavy atom. The Balaban J connectivity index is 1.78. The van der Waals surface area contributed by atoms with Crippen LogP contribution in [0.25, 0.3) is 0 Å². The van der Waals surface area contributed by atoms with Crippen molar-refractivity contribution in [2.75, 3.05) is 38.2 Å². The standard InChI is InChI=1S/C13H22N2O5S/c1-20-13(17)10-3-2-5-15(7-10)8-12(16)14-11-4-6-21(18,19)9-11/h10-11H,2-9H2,1H3,(H,14,16)/t10-,11?/m0/s1. The number of methoxy groups -OCH3 is 1. The lowest BCUT2D eigenvalue weighted by molar-refractivity contribution is -0.147. The van der Waals surface area contributed by atoms with E-state index >= 15 is 0 Å². The molecule has 2 aliphatic heterocycles. The van der Waals surface area contributed by atoms with Gasteiger partial charge in [0, 0.05) is 12.6 Å². The van der Waals surface area contributed by atoms with Gasteiger partial charge in [-0.15, -0.1) is 0 Å². The fourth-order valence-corrected chi connectivity index (χ4v) is 4.62. The van der Waals surface area contributed by atoms with Crippen molar-refractivity contribution >= 4 is 21.7 Å². The first-order valence-electron chi connectivity index (χ1n) is 7.19. The molecule has 1 unspecified atom stereocenters. The maximum atomic E-state index is 12.0. The lowest BCUT2D eigenvalue weighted by Gasteiger charge is -2.30. The molecule has 0 spiro atoms. The first-order valence-corrected chi connectivity index (χ1v) is 9.02. The molecule has 120 valence electrons. The molecular weight excluding hydrogens is 296 g/mol. The summed E-state index contributed by atoms with van der Waals surface area (Å²) in [4.78, 5) is 25.4. The number of piperidine rings is 1. The van der Waals surface area contributed by atoms with Crippen molar-refractivity contribution in [1.82, 2.24) is 10.2 Å². The van der Waals surface area contributed by atoms with Gasteiger partial charge in [0.1, 0.15) is 0 Å². The largest absolute Gasteiger partial charge is 0.469 e. The van der Waals surface area contributed by atoms with Crippen molar-refractivity contribution in [3.63, 3.8) is 0 Å². The Morgan fingerprint density at radius 2 is 2.10 bits per heavy atom. The van der Waals surface area contributed by atoms with E-state index in [2.05, 4.69) is 5.32 Å². The zero-order chi connectivity index (χ0) is 15.5. The molecule has 0 aromatic rings. The van der Waals surface area contributed by atoms with E-state index in [1.54, 1.807) is 0 Å². The number of esters is 1. The molecule has 2 fully saturated rings. The normalized spacial score (nSPS) is 29.0. The summed E-state index contributed by atoms with van der Waals surface area (Å²) >= 11 is 0. The van der Waals surface area contributed by atoms with Crippen LogP contribution in [0.15, 0.2) is 0 Å². The van der Waals surface area contributed by atoms with Crippen LogP contribution in [-0.4, -0.2) is 69.5 Å². The van der Waals surface area contributed by atoms with Crippen molar-refractivity contribution in [2.24, 2.45) is 5.92 Å². The number of carbonyl (C=O) groups is 2. The molecule has 0 radical (unpaired) electrons. The van der Waals surface area contributed by atoms with Crippen LogP contribution in [0.4, 0.5) is 0 Å². The third kappa shape index (κ3) is 4.67. The fraction of sp³-hybridized carbons (Fsp3) is 0.846. The van der Waals surface area contributed by atoms with Gasteiger partial charge in [-0.3, -0.25) is 14.5 Å². The predicted octanol–water partition coefficient (Wildman–Crippen LogP) is -0.825. The molecule has 2 heterocycles. The molecule has 0 bridgehead atoms. The van der Waals surface area contributed by atoms with Crippen LogP contribution in [-0.2, 0) is 24.2 Å². The van der Waals surface area contributed by atoms with Gasteiger partial charge in [-0.2, -0.15) is 0 Å². The summed E-state index contributed by atoms with van der Waals surface area (Å²) in [6.45, 7) is 1.48. The van der Waals surface area contributed by atoms with Gasteiger partial charge in [0.05, 0.1) is 31.1 Å². The molecule has 2 saturated heterocycles. The Morgan fingerprint density at radius 1 is 1.33 bits per heavy atom. The van der Waals surface area contributed by atoms with E-state index < -0.39 is 9.84 Å². The fourth-order valence-electron chi connectivity index (χ4n) is 2.94. The van der Waals surface area contributed by atoms with Gasteiger partial charge in [0.25, 0.3) is 0 Å². The molecule has 1 N–H and O–H groups in total. The van der Waals surface area contributed by atoms with E-state index in [1.807, 2.05) is 4.90 Å². The Kier molecular flexibility index (Phi) is 5.21. The molecular formula is C13H22N2O5S. The average molecular weight is 318 g/mol. The minimum absolute atomic E-state index is 0.0313. The molecule has 0 aliphatic carbocycles. The van der Waals surface area contributed by atoms with Crippen molar-refractivity contribution in [3.05, 3.63) is 0 Å². The van der Waals surface area contributed by atoms with Gasteiger partial charge >= 0.3 is 5.97 Å². The van der Waals surface area contributed by atoms with Crippen LogP contribution in [0.1, 0.15) is 19.3 Å². The van der Waals surface area contributed by atoms with E-state index in [-0.39, 0.29) is 41.9 Å². The van der Waals surface area contributed by atoms with E-state index in [0.717, 1.165) is 19.4 Å². The molecule has 7 nitrogen and oxygen atoms in total. The van der Waals surface area contributed by atoms with Crippen LogP contribution < -0.4 is 5.32 Å². The summed E-state index contributed by atoms with van der Waals surface area (Å²) < 4.78 is 27.4. The minimum atomic E-state index is -2.99. The topological polar surface area (TPSA) is 92.8 Å². The summed E-state index contributed by atoms with van der Waals surface area (Å²) in [6.07, 6.45) is 2.12. The maximum Gasteiger partial charge on any atom is 0.309 e. The lowest BCUT2D eigenvalue weighted by atomic mass is 9.98. The maximum absolute atomic E-state index is 12.0. The smallest absolute Gasteiger partial charge is 0.309 e. The zero-order valence-corrected chi connectivity index (χ0v) is 13.0. The first-order chi connectivity index (χ1) is 9.89. The molecule has 1 amide bonds. The number of carbonyl (C=O) groups excluding carboxylic acids is 2. The molecule has 8 heteroatoms. The van der Waals surface area contributed by atoms with Crippen LogP contribution in [0.5, 0.6) is 0 Å². The van der Waals surface area contributed by atoms with Gasteiger partial charge in [-0.25, -0.2) is 8.42 Å². The third-order valence-electron chi connectivity index (χ3n) is 4.00. The number of rotatable bonds is 4. The average Bonchev–Trinajstić information content (AvgIpc) is 2.77. The summed E-state index contributed by atoms with van der Waals surface area (Å²) in [6, 6.07) is -0.274. The van der Waals surface area contributed by atoms with Crippen molar-refractivity contribution in [3.8, 4) is 0 Å². The summed E-state index contributed by atoms with van der Waals surface area (Å²) in [5.74, 6) is -0.414. The van der Waals surface area contributed by atoms with Crippen LogP contribution >= 0.6 is 0 Å². The highest BCUT2D eigenvalue weighted by Gasteiger charge is 2.31. The molecule has 2 rings (SSSR count). The number of hydrogen-bond donors (Lipinski definition) is 1. The first kappa shape index (κ1) is 16.2. The van der Waals surface area contributed by atoms with Crippen LogP contribution in [0.3, 0.4) is 0 Å². The van der Waals surface area contributed by atoms with E-state index in [4.69, 9.17) is 4.74 Å². The number of hydrogen-bond acceptors (Lipinski definition) is 6. The highest BCUT2D eigenvalue weighted by Crippen LogP contribution is 2.17. The van der Waals surface area contributed by atoms with Crippen molar-refractivity contribution in [2.45, 2.75) is 25.3 Å². The van der Waals surface area contributed by atoms with Crippen LogP contribution in [0.2, 0.25) is 0 Å². The Bertz CT molecular complexity index is 505. The second kappa shape index (κ2) is 6.74. The Labute approximate surface area is 124 Å². The van der Waals surface area contributed by atoms with E-state index in [9.17, 15) is 18.0 Å². The van der Waals surface area contributed by atoms with Gasteiger partial charge in [0.2, 0.25) is 5.91 Å². The summed E-state index contributed by atoms with van der Waals surface area (Å²) in [7, 11) is -1.62. The summed E-state index contributed by atoms with van der Waals surface area (Å²) in [5, 5.41) is 2.76. The van der Waals surface area contributed by atoms with Gasteiger partial charge in [-0.05, 0) is 25.8 Å². The van der Waals surface area contributed by atoms with Crippen molar-refractivity contribution in [1.29, 1.82) is 0 Å². The Hall–Kier alpha value is -1.15. The number of nitrogens with one attached hydrogen (secondary N) is 1. The number of likely N-dealkylation sites (tertiary alicyclic amines) is 1. The predicted molar refractivity (Wildman–Crippen MR) is 76.4 cm³/mol. The quantitative estimate of drug-likeness (QED) is 0.681. The SMILES string of the molecule is COC(=O)[C@H]1CCCN(CC(=O)NC2CCS(=O)(=O)C2)C1. The second-order valence-corrected chi connectivity index (χ2v) is 7.99. The second-order valence-electron chi connectivity index (χ2n) is 5.76. The molecule has 0 saturated carbocycles. The number of ether oxygens (including phenoxy) is 1.